The zero-order valence-electron chi connectivity index (χ0n) is 39.6. The fourth-order valence-electron chi connectivity index (χ4n) is 12.1. The maximum Gasteiger partial charge on any atom is 0.0648 e. The van der Waals surface area contributed by atoms with Crippen LogP contribution < -0.4 is 0 Å². The molecule has 0 amide bonds. The summed E-state index contributed by atoms with van der Waals surface area (Å²) >= 11 is 0. The molecule has 12 aromatic carbocycles. The van der Waals surface area contributed by atoms with E-state index in [9.17, 15) is 0 Å². The van der Waals surface area contributed by atoms with Crippen LogP contribution in [-0.4, -0.2) is 13.7 Å². The van der Waals surface area contributed by atoms with Crippen molar-refractivity contribution in [3.63, 3.8) is 0 Å². The molecule has 0 saturated carbocycles. The van der Waals surface area contributed by atoms with Crippen LogP contribution in [0.5, 0.6) is 0 Å². The lowest BCUT2D eigenvalue weighted by molar-refractivity contribution is 1.17. The van der Waals surface area contributed by atoms with Crippen molar-refractivity contribution >= 4 is 104 Å². The van der Waals surface area contributed by atoms with Crippen molar-refractivity contribution in [1.29, 1.82) is 0 Å². The molecular formula is C69H45N3. The lowest BCUT2D eigenvalue weighted by Gasteiger charge is -2.13. The van der Waals surface area contributed by atoms with Crippen molar-refractivity contribution in [3.8, 4) is 39.3 Å². The lowest BCUT2D eigenvalue weighted by Crippen LogP contribution is -1.97. The summed E-state index contributed by atoms with van der Waals surface area (Å²) in [6, 6.07) is 90.1. The summed E-state index contributed by atoms with van der Waals surface area (Å²) in [5.41, 5.74) is 16.5. The summed E-state index contributed by atoms with van der Waals surface area (Å²) in [7, 11) is 0. The van der Waals surface area contributed by atoms with Crippen LogP contribution >= 0.6 is 0 Å². The lowest BCUT2D eigenvalue weighted by atomic mass is 9.97. The first-order valence-electron chi connectivity index (χ1n) is 24.9. The summed E-state index contributed by atoms with van der Waals surface area (Å²) < 4.78 is 7.61. The molecule has 3 nitrogen and oxygen atoms in total. The molecule has 72 heavy (non-hydrogen) atoms. The van der Waals surface area contributed by atoms with Gasteiger partial charge in [-0.05, 0) is 134 Å². The molecule has 0 spiro atoms. The highest BCUT2D eigenvalue weighted by Crippen LogP contribution is 2.50. The van der Waals surface area contributed by atoms with Crippen LogP contribution in [0.1, 0.15) is 12.5 Å². The minimum atomic E-state index is 1.12. The Bertz CT molecular complexity index is 4730. The molecule has 0 atom stereocenters. The molecule has 0 saturated heterocycles. The Morgan fingerprint density at radius 3 is 1.57 bits per heavy atom. The molecule has 3 aromatic heterocycles. The fourth-order valence-corrected chi connectivity index (χ4v) is 12.1. The van der Waals surface area contributed by atoms with Gasteiger partial charge in [-0.25, -0.2) is 0 Å². The maximum absolute atomic E-state index is 2.61. The molecule has 0 aliphatic rings. The molecule has 3 heterocycles. The second kappa shape index (κ2) is 15.8. The van der Waals surface area contributed by atoms with Gasteiger partial charge in [-0.2, -0.15) is 0 Å². The smallest absolute Gasteiger partial charge is 0.0648 e. The third kappa shape index (κ3) is 5.98. The predicted octanol–water partition coefficient (Wildman–Crippen LogP) is 18.8. The van der Waals surface area contributed by atoms with E-state index < -0.39 is 0 Å². The standard InChI is InChI=1S/C69H45N3/c1-2-15-44-28-35-54(36-29-44)72-68-59(37-39-63-65(68)58-26-12-13-27-61(58)70(63)55-23-14-20-49(42-55)50-32-30-45-16-6-8-18-47(45)40-50)64-56-24-10-11-25-57(56)67-66(69(64)72)60-43-52(51-33-31-46-17-7-9-19-48(46)41-51)34-38-62(60)71(67)53-21-4-3-5-22-53/h2-43H,1H3. The van der Waals surface area contributed by atoms with Crippen LogP contribution in [0.3, 0.4) is 0 Å². The third-order valence-corrected chi connectivity index (χ3v) is 15.2. The van der Waals surface area contributed by atoms with Crippen LogP contribution in [0.15, 0.2) is 249 Å². The molecule has 0 unspecified atom stereocenters. The summed E-state index contributed by atoms with van der Waals surface area (Å²) in [5, 5.41) is 14.8. The first kappa shape index (κ1) is 40.4. The average molecular weight is 916 g/mol. The Balaban J connectivity index is 1.11. The van der Waals surface area contributed by atoms with Crippen molar-refractivity contribution in [2.24, 2.45) is 0 Å². The number of fused-ring (bicyclic) bond motifs is 16. The van der Waals surface area contributed by atoms with Gasteiger partial charge in [0.05, 0.1) is 33.1 Å². The quantitative estimate of drug-likeness (QED) is 0.158. The summed E-state index contributed by atoms with van der Waals surface area (Å²) in [5.74, 6) is 0. The Morgan fingerprint density at radius 1 is 0.278 bits per heavy atom. The van der Waals surface area contributed by atoms with E-state index in [2.05, 4.69) is 275 Å². The van der Waals surface area contributed by atoms with Gasteiger partial charge in [-0.3, -0.25) is 0 Å². The first-order chi connectivity index (χ1) is 35.7. The Kier molecular flexibility index (Phi) is 8.87. The first-order valence-corrected chi connectivity index (χ1v) is 24.9. The molecule has 0 bridgehead atoms. The minimum absolute atomic E-state index is 1.12. The molecule has 15 aromatic rings. The molecular weight excluding hydrogens is 871 g/mol. The highest BCUT2D eigenvalue weighted by molar-refractivity contribution is 6.39. The topological polar surface area (TPSA) is 14.8 Å². The normalized spacial score (nSPS) is 12.2. The monoisotopic (exact) mass is 915 g/mol. The van der Waals surface area contributed by atoms with Gasteiger partial charge in [0, 0.05) is 54.8 Å². The molecule has 15 rings (SSSR count). The Morgan fingerprint density at radius 2 is 0.833 bits per heavy atom. The molecule has 0 fully saturated rings. The van der Waals surface area contributed by atoms with E-state index in [1.54, 1.807) is 0 Å². The number of hydrogen-bond acceptors (Lipinski definition) is 0. The van der Waals surface area contributed by atoms with E-state index >= 15 is 0 Å². The van der Waals surface area contributed by atoms with E-state index in [0.717, 1.165) is 17.1 Å². The van der Waals surface area contributed by atoms with Gasteiger partial charge in [0.2, 0.25) is 0 Å². The second-order valence-electron chi connectivity index (χ2n) is 19.2. The van der Waals surface area contributed by atoms with E-state index in [0.29, 0.717) is 0 Å². The number of para-hydroxylation sites is 2. The van der Waals surface area contributed by atoms with Crippen molar-refractivity contribution in [3.05, 3.63) is 254 Å². The second-order valence-corrected chi connectivity index (χ2v) is 19.2. The van der Waals surface area contributed by atoms with Crippen LogP contribution in [-0.2, 0) is 0 Å². The molecule has 0 aliphatic heterocycles. The summed E-state index contributed by atoms with van der Waals surface area (Å²) in [6.07, 6.45) is 4.30. The Labute approximate surface area is 416 Å². The highest BCUT2D eigenvalue weighted by Gasteiger charge is 2.27. The summed E-state index contributed by atoms with van der Waals surface area (Å²) in [4.78, 5) is 0. The molecule has 336 valence electrons. The molecule has 0 N–H and O–H groups in total. The van der Waals surface area contributed by atoms with Gasteiger partial charge in [0.25, 0.3) is 0 Å². The maximum atomic E-state index is 2.61. The minimum Gasteiger partial charge on any atom is -0.309 e. The van der Waals surface area contributed by atoms with Gasteiger partial charge < -0.3 is 13.7 Å². The number of rotatable bonds is 6. The van der Waals surface area contributed by atoms with Crippen molar-refractivity contribution in [2.75, 3.05) is 0 Å². The van der Waals surface area contributed by atoms with E-state index in [-0.39, 0.29) is 0 Å². The zero-order chi connectivity index (χ0) is 47.4. The Hall–Kier alpha value is -9.44. The van der Waals surface area contributed by atoms with Crippen LogP contribution in [0.4, 0.5) is 0 Å². The van der Waals surface area contributed by atoms with Crippen LogP contribution in [0.2, 0.25) is 0 Å². The third-order valence-electron chi connectivity index (χ3n) is 15.2. The van der Waals surface area contributed by atoms with Gasteiger partial charge in [-0.1, -0.05) is 182 Å². The number of benzene rings is 12. The number of allylic oxidation sites excluding steroid dienone is 1. The largest absolute Gasteiger partial charge is 0.309 e. The van der Waals surface area contributed by atoms with E-state index in [1.165, 1.54) is 126 Å². The van der Waals surface area contributed by atoms with E-state index in [4.69, 9.17) is 0 Å². The van der Waals surface area contributed by atoms with Crippen molar-refractivity contribution in [1.82, 2.24) is 13.7 Å². The van der Waals surface area contributed by atoms with Gasteiger partial charge in [-0.15, -0.1) is 0 Å². The fraction of sp³-hybridized carbons (Fsp3) is 0.0145. The summed E-state index contributed by atoms with van der Waals surface area (Å²) in [6.45, 7) is 2.08. The van der Waals surface area contributed by atoms with Gasteiger partial charge >= 0.3 is 0 Å². The number of aromatic nitrogens is 3. The number of nitrogens with zero attached hydrogens (tertiary/aromatic N) is 3. The predicted molar refractivity (Wildman–Crippen MR) is 308 cm³/mol. The highest BCUT2D eigenvalue weighted by atomic mass is 15.0. The van der Waals surface area contributed by atoms with Crippen molar-refractivity contribution < 1.29 is 0 Å². The van der Waals surface area contributed by atoms with Crippen LogP contribution in [0.25, 0.3) is 143 Å². The van der Waals surface area contributed by atoms with E-state index in [1.807, 2.05) is 0 Å². The van der Waals surface area contributed by atoms with Gasteiger partial charge in [0.15, 0.2) is 0 Å². The van der Waals surface area contributed by atoms with Crippen molar-refractivity contribution in [2.45, 2.75) is 6.92 Å². The van der Waals surface area contributed by atoms with Crippen LogP contribution in [0, 0.1) is 0 Å². The number of hydrogen-bond donors (Lipinski definition) is 0. The molecule has 0 aliphatic carbocycles. The molecule has 3 heteroatoms. The SMILES string of the molecule is CC=Cc1ccc(-n2c3c(ccc4c3c3ccccc3n4-c3cccc(-c4ccc5ccccc5c4)c3)c3c4ccccc4c4c(c5cc(-c6ccc7ccccc7c6)ccc5n4-c4ccccc4)c32)cc1. The zero-order valence-corrected chi connectivity index (χ0v) is 39.6. The molecule has 0 radical (unpaired) electrons. The average Bonchev–Trinajstić information content (AvgIpc) is 4.10. The van der Waals surface area contributed by atoms with Gasteiger partial charge in [0.1, 0.15) is 0 Å².